The van der Waals surface area contributed by atoms with E-state index in [4.69, 9.17) is 0 Å². The lowest BCUT2D eigenvalue weighted by molar-refractivity contribution is -0.162. The summed E-state index contributed by atoms with van der Waals surface area (Å²) in [7, 11) is 8.79. The summed E-state index contributed by atoms with van der Waals surface area (Å²) in [5.74, 6) is 1.74. The van der Waals surface area contributed by atoms with Gasteiger partial charge in [0.2, 0.25) is 0 Å². The van der Waals surface area contributed by atoms with Gasteiger partial charge in [-0.25, -0.2) is 0 Å². The van der Waals surface area contributed by atoms with E-state index in [2.05, 4.69) is 65.7 Å². The van der Waals surface area contributed by atoms with Crippen molar-refractivity contribution in [3.8, 4) is 0 Å². The molecule has 2 spiro atoms. The van der Waals surface area contributed by atoms with E-state index in [0.717, 1.165) is 12.3 Å². The highest BCUT2D eigenvalue weighted by atomic mass is 16.3. The Morgan fingerprint density at radius 3 is 2.09 bits per heavy atom. The molecule has 184 valence electrons. The first kappa shape index (κ1) is 23.6. The van der Waals surface area contributed by atoms with Crippen LogP contribution in [0.5, 0.6) is 0 Å². The van der Waals surface area contributed by atoms with Gasteiger partial charge in [-0.15, -0.1) is 0 Å². The summed E-state index contributed by atoms with van der Waals surface area (Å²) >= 11 is 0. The normalized spacial score (nSPS) is 57.6. The average Bonchev–Trinajstić information content (AvgIpc) is 3.32. The summed E-state index contributed by atoms with van der Waals surface area (Å²) < 4.78 is 0. The number of nitrogens with zero attached hydrogens (tertiary/aromatic N) is 2. The molecule has 11 atom stereocenters. The zero-order chi connectivity index (χ0) is 23.5. The molecule has 0 aliphatic heterocycles. The van der Waals surface area contributed by atoms with Crippen LogP contribution in [0.3, 0.4) is 0 Å². The average molecular weight is 447 g/mol. The lowest BCUT2D eigenvalue weighted by Crippen LogP contribution is -2.61. The van der Waals surface area contributed by atoms with Gasteiger partial charge in [0.1, 0.15) is 0 Å². The Morgan fingerprint density at radius 2 is 1.50 bits per heavy atom. The van der Waals surface area contributed by atoms with Crippen LogP contribution in [0.1, 0.15) is 79.1 Å². The molecule has 0 unspecified atom stereocenters. The molecule has 5 rings (SSSR count). The molecule has 4 nitrogen and oxygen atoms in total. The van der Waals surface area contributed by atoms with Gasteiger partial charge in [-0.05, 0) is 120 Å². The molecule has 0 amide bonds. The third-order valence-corrected chi connectivity index (χ3v) is 13.2. The van der Waals surface area contributed by atoms with E-state index in [0.29, 0.717) is 41.4 Å². The number of fused-ring (bicyclic) bond motifs is 2. The molecule has 0 aromatic carbocycles. The fourth-order valence-electron chi connectivity index (χ4n) is 11.5. The van der Waals surface area contributed by atoms with E-state index in [1.165, 1.54) is 44.9 Å². The van der Waals surface area contributed by atoms with Crippen molar-refractivity contribution in [2.45, 2.75) is 97.2 Å². The van der Waals surface area contributed by atoms with Gasteiger partial charge >= 0.3 is 0 Å². The molecule has 0 heterocycles. The van der Waals surface area contributed by atoms with Crippen LogP contribution in [-0.4, -0.2) is 73.0 Å². The van der Waals surface area contributed by atoms with E-state index in [1.54, 1.807) is 0 Å². The molecule has 4 heteroatoms. The zero-order valence-corrected chi connectivity index (χ0v) is 22.1. The van der Waals surface area contributed by atoms with Crippen LogP contribution in [0.2, 0.25) is 0 Å². The highest BCUT2D eigenvalue weighted by molar-refractivity contribution is 5.31. The molecule has 0 radical (unpaired) electrons. The monoisotopic (exact) mass is 446 g/mol. The largest absolute Gasteiger partial charge is 0.396 e. The Bertz CT molecular complexity index is 771. The predicted octanol–water partition coefficient (Wildman–Crippen LogP) is 4.25. The summed E-state index contributed by atoms with van der Waals surface area (Å²) in [6, 6.07) is 0.893. The lowest BCUT2D eigenvalue weighted by atomic mass is 9.41. The molecule has 32 heavy (non-hydrogen) atoms. The molecular weight excluding hydrogens is 396 g/mol. The van der Waals surface area contributed by atoms with Crippen molar-refractivity contribution >= 4 is 0 Å². The zero-order valence-electron chi connectivity index (χ0n) is 22.1. The SMILES string of the molecule is C[C@@H]([C@H]1[C@H](O)C[C@@]2(C)[C@@H]3CC[C@H]4[C@](C)(CO)[C@@H](N(C)C)CC[C@@]45C[C@@]35CC[C@@]12C)N(C)C. The van der Waals surface area contributed by atoms with Gasteiger partial charge in [-0.2, -0.15) is 0 Å². The van der Waals surface area contributed by atoms with Crippen molar-refractivity contribution in [1.29, 1.82) is 0 Å². The topological polar surface area (TPSA) is 46.9 Å². The maximum atomic E-state index is 11.4. The van der Waals surface area contributed by atoms with Crippen LogP contribution >= 0.6 is 0 Å². The summed E-state index contributed by atoms with van der Waals surface area (Å²) in [4.78, 5) is 4.73. The Hall–Kier alpha value is -0.160. The molecule has 2 N–H and O–H groups in total. The molecular formula is C28H50N2O2. The van der Waals surface area contributed by atoms with E-state index >= 15 is 0 Å². The first-order valence-corrected chi connectivity index (χ1v) is 13.5. The number of rotatable bonds is 4. The Balaban J connectivity index is 1.51. The number of aliphatic hydroxyl groups is 2. The molecule has 0 bridgehead atoms. The van der Waals surface area contributed by atoms with Gasteiger partial charge in [0.15, 0.2) is 0 Å². The van der Waals surface area contributed by atoms with Crippen LogP contribution in [-0.2, 0) is 0 Å². The second-order valence-corrected chi connectivity index (χ2v) is 14.2. The van der Waals surface area contributed by atoms with E-state index in [1.807, 2.05) is 0 Å². The smallest absolute Gasteiger partial charge is 0.0594 e. The van der Waals surface area contributed by atoms with E-state index in [-0.39, 0.29) is 22.3 Å². The minimum absolute atomic E-state index is 0.00897. The first-order chi connectivity index (χ1) is 14.8. The van der Waals surface area contributed by atoms with Crippen LogP contribution in [0.4, 0.5) is 0 Å². The van der Waals surface area contributed by atoms with Crippen molar-refractivity contribution < 1.29 is 10.2 Å². The van der Waals surface area contributed by atoms with Gasteiger partial charge in [-0.3, -0.25) is 0 Å². The molecule has 0 aromatic rings. The summed E-state index contributed by atoms with van der Waals surface area (Å²) in [5.41, 5.74) is 1.36. The standard InChI is InChI=1S/C28H50N2O2/c1-18(29(5)6)23-19(32)15-26(4)21-10-9-20-24(2,17-31)22(30(7)8)11-12-27(20)16-28(21,27)14-13-25(23,26)3/h18-23,31-32H,9-17H2,1-8H3/t18-,19+,20-,21-,22-,23-,24-,25-,26-,27+,28-/m0/s1. The fourth-order valence-corrected chi connectivity index (χ4v) is 11.5. The quantitative estimate of drug-likeness (QED) is 0.678. The minimum Gasteiger partial charge on any atom is -0.396 e. The van der Waals surface area contributed by atoms with Crippen LogP contribution in [0.25, 0.3) is 0 Å². The van der Waals surface area contributed by atoms with Gasteiger partial charge in [0.05, 0.1) is 12.7 Å². The maximum absolute atomic E-state index is 11.4. The van der Waals surface area contributed by atoms with Gasteiger partial charge in [-0.1, -0.05) is 20.8 Å². The van der Waals surface area contributed by atoms with Crippen molar-refractivity contribution in [1.82, 2.24) is 9.80 Å². The van der Waals surface area contributed by atoms with E-state index in [9.17, 15) is 10.2 Å². The third-order valence-electron chi connectivity index (χ3n) is 13.2. The van der Waals surface area contributed by atoms with Crippen molar-refractivity contribution in [3.05, 3.63) is 0 Å². The van der Waals surface area contributed by atoms with Gasteiger partial charge in [0, 0.05) is 23.4 Å². The second-order valence-electron chi connectivity index (χ2n) is 14.2. The Kier molecular flexibility index (Phi) is 5.12. The molecule has 5 aliphatic carbocycles. The van der Waals surface area contributed by atoms with Gasteiger partial charge < -0.3 is 20.0 Å². The van der Waals surface area contributed by atoms with Crippen molar-refractivity contribution in [2.75, 3.05) is 34.8 Å². The summed E-state index contributed by atoms with van der Waals surface area (Å²) in [5, 5.41) is 22.1. The predicted molar refractivity (Wildman–Crippen MR) is 130 cm³/mol. The molecule has 5 aliphatic rings. The first-order valence-electron chi connectivity index (χ1n) is 13.5. The minimum atomic E-state index is -0.183. The van der Waals surface area contributed by atoms with E-state index < -0.39 is 0 Å². The number of hydrogen-bond acceptors (Lipinski definition) is 4. The fraction of sp³-hybridized carbons (Fsp3) is 1.00. The number of aliphatic hydroxyl groups excluding tert-OH is 2. The molecule has 0 saturated heterocycles. The summed E-state index contributed by atoms with van der Waals surface area (Å²) in [6.45, 7) is 10.2. The molecule has 0 aromatic heterocycles. The maximum Gasteiger partial charge on any atom is 0.0594 e. The van der Waals surface area contributed by atoms with Crippen molar-refractivity contribution in [3.63, 3.8) is 0 Å². The summed E-state index contributed by atoms with van der Waals surface area (Å²) in [6.07, 6.45) is 9.94. The molecule has 5 fully saturated rings. The van der Waals surface area contributed by atoms with Crippen LogP contribution in [0, 0.1) is 44.8 Å². The highest BCUT2D eigenvalue weighted by Crippen LogP contribution is 2.89. The second kappa shape index (κ2) is 6.95. The number of hydrogen-bond donors (Lipinski definition) is 2. The third kappa shape index (κ3) is 2.49. The Morgan fingerprint density at radius 1 is 0.875 bits per heavy atom. The van der Waals surface area contributed by atoms with Crippen LogP contribution < -0.4 is 0 Å². The highest BCUT2D eigenvalue weighted by Gasteiger charge is 2.83. The van der Waals surface area contributed by atoms with Gasteiger partial charge in [0.25, 0.3) is 0 Å². The van der Waals surface area contributed by atoms with Crippen LogP contribution in [0.15, 0.2) is 0 Å². The lowest BCUT2D eigenvalue weighted by Gasteiger charge is -2.64. The molecule has 5 saturated carbocycles. The van der Waals surface area contributed by atoms with Crippen molar-refractivity contribution in [2.24, 2.45) is 44.8 Å². The Labute approximate surface area is 197 Å².